The van der Waals surface area contributed by atoms with Gasteiger partial charge in [-0.2, -0.15) is 0 Å². The first-order valence-electron chi connectivity index (χ1n) is 9.26. The third kappa shape index (κ3) is 43.5. The van der Waals surface area contributed by atoms with E-state index in [-0.39, 0.29) is 44.5 Å². The van der Waals surface area contributed by atoms with Crippen LogP contribution in [0.25, 0.3) is 0 Å². The Morgan fingerprint density at radius 3 is 0.708 bits per heavy atom. The van der Waals surface area contributed by atoms with Gasteiger partial charge in [0.15, 0.2) is 8.32 Å². The number of hydrogen-bond acceptors (Lipinski definition) is 4. The van der Waals surface area contributed by atoms with Crippen molar-refractivity contribution in [1.29, 1.82) is 0 Å². The van der Waals surface area contributed by atoms with Crippen molar-refractivity contribution in [1.82, 2.24) is 0 Å². The fraction of sp³-hybridized carbons (Fsp3) is 1.00. The van der Waals surface area contributed by atoms with Crippen LogP contribution in [-0.2, 0) is 26.2 Å². The zero-order valence-electron chi connectivity index (χ0n) is 17.8. The van der Waals surface area contributed by atoms with E-state index < -0.39 is 8.32 Å². The Kier molecular flexibility index (Phi) is 39.2. The first-order chi connectivity index (χ1) is 10.5. The van der Waals surface area contributed by atoms with Crippen LogP contribution in [0, 0.1) is 0 Å². The molecular formula is C18H46O4SiZr. The Bertz CT molecular complexity index is 172. The molecule has 4 N–H and O–H groups in total. The topological polar surface area (TPSA) is 80.9 Å². The van der Waals surface area contributed by atoms with Crippen LogP contribution in [-0.4, -0.2) is 46.7 Å². The summed E-state index contributed by atoms with van der Waals surface area (Å²) in [6.07, 6.45) is 2.24. The van der Waals surface area contributed by atoms with E-state index in [9.17, 15) is 4.80 Å². The molecule has 3 unspecified atom stereocenters. The monoisotopic (exact) mass is 444 g/mol. The molecule has 0 saturated heterocycles. The average Bonchev–Trinajstić information content (AvgIpc) is 2.55. The van der Waals surface area contributed by atoms with E-state index in [2.05, 4.69) is 20.8 Å². The minimum absolute atomic E-state index is 0. The fourth-order valence-electron chi connectivity index (χ4n) is 0.750. The summed E-state index contributed by atoms with van der Waals surface area (Å²) >= 11 is 0. The molecule has 0 bridgehead atoms. The van der Waals surface area contributed by atoms with Gasteiger partial charge in [0.1, 0.15) is 0 Å². The summed E-state index contributed by atoms with van der Waals surface area (Å²) in [7, 11) is -1.67. The van der Waals surface area contributed by atoms with Gasteiger partial charge < -0.3 is 20.1 Å². The normalized spacial score (nSPS) is 13.4. The Labute approximate surface area is 172 Å². The van der Waals surface area contributed by atoms with Gasteiger partial charge in [-0.3, -0.25) is 0 Å². The van der Waals surface area contributed by atoms with E-state index in [1.54, 1.807) is 20.8 Å². The summed E-state index contributed by atoms with van der Waals surface area (Å²) in [4.78, 5) is 9.58. The van der Waals surface area contributed by atoms with Crippen molar-refractivity contribution in [3.05, 3.63) is 0 Å². The van der Waals surface area contributed by atoms with E-state index in [1.165, 1.54) is 0 Å². The standard InChI is InChI=1S/C6H16OSi.3C4H10O.Zr/c1-4-8(7,5-2)6-3;3*1-3-4(2)5;/h7H,4-6H2,1-3H3;3*4-5H,3H2,1-2H3;. The molecular weight excluding hydrogens is 400 g/mol. The van der Waals surface area contributed by atoms with E-state index in [4.69, 9.17) is 15.3 Å². The first-order valence-corrected chi connectivity index (χ1v) is 11.8. The van der Waals surface area contributed by atoms with Crippen molar-refractivity contribution in [2.24, 2.45) is 0 Å². The SMILES string of the molecule is CCC(C)O.CCC(C)O.CCC(C)O.CC[Si](O)(CC)CC.[Zr]. The molecule has 0 heterocycles. The maximum Gasteiger partial charge on any atom is 0.187 e. The average molecular weight is 446 g/mol. The molecule has 0 saturated carbocycles. The third-order valence-corrected chi connectivity index (χ3v) is 7.70. The number of rotatable bonds is 6. The zero-order valence-corrected chi connectivity index (χ0v) is 21.2. The Morgan fingerprint density at radius 2 is 0.708 bits per heavy atom. The smallest absolute Gasteiger partial charge is 0.187 e. The Balaban J connectivity index is -0.0000000677. The molecule has 0 aromatic heterocycles. The molecule has 4 nitrogen and oxygen atoms in total. The molecule has 0 aliphatic carbocycles. The molecule has 0 aliphatic rings. The summed E-state index contributed by atoms with van der Waals surface area (Å²) in [5.41, 5.74) is 0. The van der Waals surface area contributed by atoms with Gasteiger partial charge in [0.05, 0.1) is 18.3 Å². The maximum atomic E-state index is 9.58. The van der Waals surface area contributed by atoms with Crippen LogP contribution in [0.4, 0.5) is 0 Å². The zero-order chi connectivity index (χ0) is 19.5. The quantitative estimate of drug-likeness (QED) is 0.459. The van der Waals surface area contributed by atoms with Gasteiger partial charge in [-0.15, -0.1) is 0 Å². The number of hydrogen-bond donors (Lipinski definition) is 4. The van der Waals surface area contributed by atoms with E-state index in [0.717, 1.165) is 37.4 Å². The minimum Gasteiger partial charge on any atom is -0.432 e. The van der Waals surface area contributed by atoms with Crippen molar-refractivity contribution < 1.29 is 46.3 Å². The van der Waals surface area contributed by atoms with Crippen molar-refractivity contribution in [3.8, 4) is 0 Å². The van der Waals surface area contributed by atoms with Gasteiger partial charge in [0.2, 0.25) is 0 Å². The van der Waals surface area contributed by atoms with E-state index >= 15 is 0 Å². The number of aliphatic hydroxyl groups is 3. The third-order valence-electron chi connectivity index (χ3n) is 3.75. The molecule has 0 rings (SSSR count). The maximum absolute atomic E-state index is 9.58. The molecule has 0 spiro atoms. The summed E-state index contributed by atoms with van der Waals surface area (Å²) < 4.78 is 0. The second kappa shape index (κ2) is 26.2. The van der Waals surface area contributed by atoms with Crippen LogP contribution in [0.5, 0.6) is 0 Å². The summed E-state index contributed by atoms with van der Waals surface area (Å²) in [5.74, 6) is 0. The first kappa shape index (κ1) is 35.9. The van der Waals surface area contributed by atoms with Gasteiger partial charge in [0.25, 0.3) is 0 Å². The predicted octanol–water partition coefficient (Wildman–Crippen LogP) is 4.31. The van der Waals surface area contributed by atoms with Gasteiger partial charge in [0, 0.05) is 26.2 Å². The number of aliphatic hydroxyl groups excluding tert-OH is 3. The largest absolute Gasteiger partial charge is 0.432 e. The van der Waals surface area contributed by atoms with Crippen molar-refractivity contribution in [2.75, 3.05) is 0 Å². The fourth-order valence-corrected chi connectivity index (χ4v) is 2.25. The molecule has 0 radical (unpaired) electrons. The van der Waals surface area contributed by atoms with Crippen LogP contribution in [0.1, 0.15) is 81.6 Å². The summed E-state index contributed by atoms with van der Waals surface area (Å²) in [6.45, 7) is 17.4. The summed E-state index contributed by atoms with van der Waals surface area (Å²) in [6, 6.07) is 3.04. The molecule has 0 aromatic carbocycles. The second-order valence-electron chi connectivity index (χ2n) is 6.06. The van der Waals surface area contributed by atoms with Gasteiger partial charge in [-0.05, 0) is 58.2 Å². The van der Waals surface area contributed by atoms with Crippen LogP contribution in [0.3, 0.4) is 0 Å². The van der Waals surface area contributed by atoms with Gasteiger partial charge in [-0.1, -0.05) is 41.5 Å². The molecule has 3 atom stereocenters. The van der Waals surface area contributed by atoms with Gasteiger partial charge in [-0.25, -0.2) is 0 Å². The molecule has 150 valence electrons. The van der Waals surface area contributed by atoms with E-state index in [0.29, 0.717) is 0 Å². The van der Waals surface area contributed by atoms with Crippen molar-refractivity contribution in [2.45, 2.75) is 118 Å². The van der Waals surface area contributed by atoms with Crippen molar-refractivity contribution in [3.63, 3.8) is 0 Å². The van der Waals surface area contributed by atoms with Crippen LogP contribution in [0.2, 0.25) is 18.1 Å². The molecule has 24 heavy (non-hydrogen) atoms. The predicted molar refractivity (Wildman–Crippen MR) is 105 cm³/mol. The second-order valence-corrected chi connectivity index (χ2v) is 10.6. The van der Waals surface area contributed by atoms with Crippen LogP contribution < -0.4 is 0 Å². The van der Waals surface area contributed by atoms with Crippen LogP contribution >= 0.6 is 0 Å². The van der Waals surface area contributed by atoms with E-state index in [1.807, 2.05) is 20.8 Å². The minimum atomic E-state index is -1.67. The molecule has 6 heteroatoms. The Hall–Kier alpha value is 0.940. The molecule has 0 fully saturated rings. The molecule has 0 amide bonds. The summed E-state index contributed by atoms with van der Waals surface area (Å²) in [5, 5.41) is 25.1. The van der Waals surface area contributed by atoms with Crippen molar-refractivity contribution >= 4 is 8.32 Å². The molecule has 0 aromatic rings. The Morgan fingerprint density at radius 1 is 0.583 bits per heavy atom. The molecule has 0 aliphatic heterocycles. The van der Waals surface area contributed by atoms with Crippen LogP contribution in [0.15, 0.2) is 0 Å². The van der Waals surface area contributed by atoms with Gasteiger partial charge >= 0.3 is 0 Å².